The molecule has 2 heterocycles. The molecule has 1 aromatic heterocycles. The first-order chi connectivity index (χ1) is 8.56. The summed E-state index contributed by atoms with van der Waals surface area (Å²) in [5.41, 5.74) is 0. The fourth-order valence-corrected chi connectivity index (χ4v) is 2.55. The molecule has 1 saturated heterocycles. The van der Waals surface area contributed by atoms with Crippen molar-refractivity contribution in [1.29, 1.82) is 0 Å². The van der Waals surface area contributed by atoms with Crippen molar-refractivity contribution < 1.29 is 14.3 Å². The zero-order chi connectivity index (χ0) is 13.1. The molecule has 0 amide bonds. The number of piperazine rings is 1. The van der Waals surface area contributed by atoms with Crippen LogP contribution in [0.4, 0.5) is 0 Å². The quantitative estimate of drug-likeness (QED) is 0.918. The molecule has 0 bridgehead atoms. The van der Waals surface area contributed by atoms with E-state index in [1.54, 1.807) is 0 Å². The van der Waals surface area contributed by atoms with Crippen molar-refractivity contribution in [2.24, 2.45) is 0 Å². The highest BCUT2D eigenvalue weighted by molar-refractivity contribution is 9.10. The fraction of sp³-hybridized carbons (Fsp3) is 0.583. The molecule has 1 fully saturated rings. The Morgan fingerprint density at radius 2 is 2.11 bits per heavy atom. The van der Waals surface area contributed by atoms with Crippen LogP contribution in [-0.4, -0.2) is 53.6 Å². The largest absolute Gasteiger partial charge is 0.480 e. The van der Waals surface area contributed by atoms with Crippen molar-refractivity contribution in [2.75, 3.05) is 32.7 Å². The van der Waals surface area contributed by atoms with Gasteiger partial charge in [0.2, 0.25) is 0 Å². The third kappa shape index (κ3) is 3.34. The normalized spacial score (nSPS) is 19.9. The first-order valence-electron chi connectivity index (χ1n) is 5.99. The molecule has 2 rings (SSSR count). The van der Waals surface area contributed by atoms with E-state index >= 15 is 0 Å². The summed E-state index contributed by atoms with van der Waals surface area (Å²) in [5.74, 6) is 0.181. The molecule has 0 aliphatic carbocycles. The Balaban J connectivity index is 1.87. The van der Waals surface area contributed by atoms with E-state index in [0.717, 1.165) is 36.6 Å². The molecule has 0 saturated carbocycles. The number of rotatable bonds is 4. The zero-order valence-electron chi connectivity index (χ0n) is 10.3. The molecule has 0 aromatic carbocycles. The summed E-state index contributed by atoms with van der Waals surface area (Å²) >= 11 is 3.30. The van der Waals surface area contributed by atoms with E-state index in [1.807, 2.05) is 17.0 Å². The van der Waals surface area contributed by atoms with Gasteiger partial charge < -0.3 is 9.52 Å². The van der Waals surface area contributed by atoms with Crippen LogP contribution in [0.5, 0.6) is 0 Å². The smallest absolute Gasteiger partial charge is 0.317 e. The number of hydrogen-bond donors (Lipinski definition) is 1. The summed E-state index contributed by atoms with van der Waals surface area (Å²) in [6, 6.07) is 4.09. The van der Waals surface area contributed by atoms with Gasteiger partial charge >= 0.3 is 5.97 Å². The molecular formula is C12H17BrN2O3. The van der Waals surface area contributed by atoms with Crippen molar-refractivity contribution >= 4 is 21.9 Å². The van der Waals surface area contributed by atoms with E-state index in [-0.39, 0.29) is 12.6 Å². The minimum Gasteiger partial charge on any atom is -0.480 e. The molecule has 0 spiro atoms. The lowest BCUT2D eigenvalue weighted by atomic mass is 10.2. The van der Waals surface area contributed by atoms with Crippen LogP contribution in [0.15, 0.2) is 21.2 Å². The van der Waals surface area contributed by atoms with Crippen molar-refractivity contribution in [2.45, 2.75) is 13.0 Å². The van der Waals surface area contributed by atoms with E-state index in [2.05, 4.69) is 27.8 Å². The Bertz CT molecular complexity index is 413. The Labute approximate surface area is 114 Å². The molecule has 1 unspecified atom stereocenters. The lowest BCUT2D eigenvalue weighted by Gasteiger charge is -2.36. The second-order valence-corrected chi connectivity index (χ2v) is 5.31. The maximum absolute atomic E-state index is 10.6. The van der Waals surface area contributed by atoms with E-state index in [9.17, 15) is 4.79 Å². The van der Waals surface area contributed by atoms with E-state index in [0.29, 0.717) is 0 Å². The minimum atomic E-state index is -0.758. The second-order valence-electron chi connectivity index (χ2n) is 4.52. The predicted molar refractivity (Wildman–Crippen MR) is 70.5 cm³/mol. The van der Waals surface area contributed by atoms with Gasteiger partial charge in [-0.3, -0.25) is 14.6 Å². The SMILES string of the molecule is CC(c1ccc(Br)o1)N1CCN(CC(=O)O)CC1. The standard InChI is InChI=1S/C12H17BrN2O3/c1-9(10-2-3-11(13)18-10)15-6-4-14(5-7-15)8-12(16)17/h2-3,9H,4-8H2,1H3,(H,16,17). The van der Waals surface area contributed by atoms with E-state index < -0.39 is 5.97 Å². The summed E-state index contributed by atoms with van der Waals surface area (Å²) in [7, 11) is 0. The van der Waals surface area contributed by atoms with Gasteiger partial charge in [0.25, 0.3) is 0 Å². The molecule has 5 nitrogen and oxygen atoms in total. The highest BCUT2D eigenvalue weighted by atomic mass is 79.9. The van der Waals surface area contributed by atoms with Gasteiger partial charge in [0.1, 0.15) is 5.76 Å². The summed E-state index contributed by atoms with van der Waals surface area (Å²) in [6.07, 6.45) is 0. The molecule has 1 aromatic rings. The number of carboxylic acids is 1. The highest BCUT2D eigenvalue weighted by Crippen LogP contribution is 2.25. The number of aliphatic carboxylic acids is 1. The number of hydrogen-bond acceptors (Lipinski definition) is 4. The van der Waals surface area contributed by atoms with E-state index in [1.165, 1.54) is 0 Å². The van der Waals surface area contributed by atoms with Crippen molar-refractivity contribution in [3.05, 3.63) is 22.6 Å². The highest BCUT2D eigenvalue weighted by Gasteiger charge is 2.24. The van der Waals surface area contributed by atoms with Gasteiger partial charge in [0.05, 0.1) is 12.6 Å². The van der Waals surface area contributed by atoms with E-state index in [4.69, 9.17) is 9.52 Å². The monoisotopic (exact) mass is 316 g/mol. The van der Waals surface area contributed by atoms with Crippen LogP contribution >= 0.6 is 15.9 Å². The maximum Gasteiger partial charge on any atom is 0.317 e. The molecule has 1 atom stereocenters. The van der Waals surface area contributed by atoms with Crippen LogP contribution in [0, 0.1) is 0 Å². The van der Waals surface area contributed by atoms with Crippen LogP contribution in [0.3, 0.4) is 0 Å². The van der Waals surface area contributed by atoms with Gasteiger partial charge in [-0.1, -0.05) is 0 Å². The third-order valence-corrected chi connectivity index (χ3v) is 3.75. The second kappa shape index (κ2) is 5.86. The Kier molecular flexibility index (Phi) is 4.42. The van der Waals surface area contributed by atoms with Gasteiger partial charge in [-0.2, -0.15) is 0 Å². The Morgan fingerprint density at radius 3 is 2.61 bits per heavy atom. The van der Waals surface area contributed by atoms with Gasteiger partial charge in [-0.05, 0) is 35.0 Å². The molecule has 1 aliphatic rings. The average molecular weight is 317 g/mol. The minimum absolute atomic E-state index is 0.133. The van der Waals surface area contributed by atoms with Gasteiger partial charge in [0, 0.05) is 26.2 Å². The molecule has 1 aliphatic heterocycles. The number of carbonyl (C=O) groups is 1. The van der Waals surface area contributed by atoms with Crippen LogP contribution < -0.4 is 0 Å². The summed E-state index contributed by atoms with van der Waals surface area (Å²) in [5, 5.41) is 8.75. The lowest BCUT2D eigenvalue weighted by molar-refractivity contribution is -0.138. The third-order valence-electron chi connectivity index (χ3n) is 3.32. The van der Waals surface area contributed by atoms with Crippen molar-refractivity contribution in [3.63, 3.8) is 0 Å². The summed E-state index contributed by atoms with van der Waals surface area (Å²) < 4.78 is 6.30. The lowest BCUT2D eigenvalue weighted by Crippen LogP contribution is -2.48. The zero-order valence-corrected chi connectivity index (χ0v) is 11.9. The fourth-order valence-electron chi connectivity index (χ4n) is 2.23. The Morgan fingerprint density at radius 1 is 1.44 bits per heavy atom. The van der Waals surface area contributed by atoms with Crippen LogP contribution in [0.1, 0.15) is 18.7 Å². The number of furan rings is 1. The number of nitrogens with zero attached hydrogens (tertiary/aromatic N) is 2. The van der Waals surface area contributed by atoms with Crippen LogP contribution in [-0.2, 0) is 4.79 Å². The number of halogens is 1. The van der Waals surface area contributed by atoms with Crippen LogP contribution in [0.25, 0.3) is 0 Å². The molecule has 100 valence electrons. The predicted octanol–water partition coefficient (Wildman–Crippen LogP) is 1.81. The van der Waals surface area contributed by atoms with Crippen LogP contribution in [0.2, 0.25) is 0 Å². The first-order valence-corrected chi connectivity index (χ1v) is 6.79. The number of carboxylic acid groups (broad SMARTS) is 1. The van der Waals surface area contributed by atoms with Gasteiger partial charge in [-0.25, -0.2) is 0 Å². The Hall–Kier alpha value is -0.850. The van der Waals surface area contributed by atoms with Crippen molar-refractivity contribution in [3.8, 4) is 0 Å². The summed E-state index contributed by atoms with van der Waals surface area (Å²) in [4.78, 5) is 14.9. The molecule has 1 N–H and O–H groups in total. The first kappa shape index (κ1) is 13.6. The van der Waals surface area contributed by atoms with Gasteiger partial charge in [0.15, 0.2) is 4.67 Å². The summed E-state index contributed by atoms with van der Waals surface area (Å²) in [6.45, 7) is 5.56. The van der Waals surface area contributed by atoms with Gasteiger partial charge in [-0.15, -0.1) is 0 Å². The molecule has 18 heavy (non-hydrogen) atoms. The van der Waals surface area contributed by atoms with Crippen molar-refractivity contribution in [1.82, 2.24) is 9.80 Å². The topological polar surface area (TPSA) is 56.9 Å². The molecule has 6 heteroatoms. The molecular weight excluding hydrogens is 300 g/mol. The maximum atomic E-state index is 10.6. The average Bonchev–Trinajstić information content (AvgIpc) is 2.75. The molecule has 0 radical (unpaired) electrons.